The van der Waals surface area contributed by atoms with E-state index in [-0.39, 0.29) is 11.0 Å². The van der Waals surface area contributed by atoms with Crippen molar-refractivity contribution in [2.75, 3.05) is 0 Å². The average molecular weight is 242 g/mol. The normalized spacial score (nSPS) is 11.8. The van der Waals surface area contributed by atoms with Crippen molar-refractivity contribution in [1.29, 1.82) is 0 Å². The summed E-state index contributed by atoms with van der Waals surface area (Å²) in [5.41, 5.74) is 2.68. The van der Waals surface area contributed by atoms with E-state index >= 15 is 0 Å². The lowest BCUT2D eigenvalue weighted by Crippen LogP contribution is -2.14. The number of fused-ring (bicyclic) bond motifs is 1. The fourth-order valence-corrected chi connectivity index (χ4v) is 1.96. The molecule has 0 radical (unpaired) electrons. The highest BCUT2D eigenvalue weighted by atomic mass is 16.1. The molecule has 0 spiro atoms. The molecule has 0 bridgehead atoms. The van der Waals surface area contributed by atoms with E-state index in [2.05, 4.69) is 37.5 Å². The molecule has 3 heteroatoms. The Morgan fingerprint density at radius 1 is 1.28 bits per heavy atom. The second kappa shape index (κ2) is 4.09. The van der Waals surface area contributed by atoms with Crippen LogP contribution >= 0.6 is 0 Å². The van der Waals surface area contributed by atoms with Crippen molar-refractivity contribution in [1.82, 2.24) is 10.2 Å². The van der Waals surface area contributed by atoms with E-state index in [0.717, 1.165) is 16.7 Å². The molecule has 0 unspecified atom stereocenters. The van der Waals surface area contributed by atoms with Gasteiger partial charge in [0.15, 0.2) is 0 Å². The lowest BCUT2D eigenvalue weighted by molar-refractivity contribution is 0.591. The number of nitrogens with one attached hydrogen (secondary N) is 1. The van der Waals surface area contributed by atoms with E-state index in [0.29, 0.717) is 5.39 Å². The van der Waals surface area contributed by atoms with Crippen LogP contribution in [0.15, 0.2) is 29.6 Å². The van der Waals surface area contributed by atoms with Gasteiger partial charge in [-0.15, -0.1) is 0 Å². The molecule has 0 aliphatic rings. The summed E-state index contributed by atoms with van der Waals surface area (Å²) >= 11 is 0. The van der Waals surface area contributed by atoms with Gasteiger partial charge in [-0.2, -0.15) is 5.10 Å². The first kappa shape index (κ1) is 12.6. The van der Waals surface area contributed by atoms with Gasteiger partial charge in [-0.3, -0.25) is 4.79 Å². The number of hydrogen-bond donors (Lipinski definition) is 1. The third-order valence-corrected chi connectivity index (χ3v) is 3.06. The summed E-state index contributed by atoms with van der Waals surface area (Å²) in [7, 11) is 0. The van der Waals surface area contributed by atoms with Gasteiger partial charge in [-0.05, 0) is 35.6 Å². The highest BCUT2D eigenvalue weighted by Gasteiger charge is 2.16. The molecule has 0 atom stereocenters. The van der Waals surface area contributed by atoms with E-state index in [4.69, 9.17) is 0 Å². The summed E-state index contributed by atoms with van der Waals surface area (Å²) < 4.78 is 0. The summed E-state index contributed by atoms with van der Waals surface area (Å²) in [5.74, 6) is 0. The zero-order chi connectivity index (χ0) is 13.5. The molecule has 0 aliphatic carbocycles. The number of allylic oxidation sites excluding steroid dienone is 1. The van der Waals surface area contributed by atoms with Crippen LogP contribution < -0.4 is 5.56 Å². The summed E-state index contributed by atoms with van der Waals surface area (Å²) in [5, 5.41) is 8.14. The number of hydrogen-bond acceptors (Lipinski definition) is 2. The Hall–Kier alpha value is -1.90. The minimum Gasteiger partial charge on any atom is -0.267 e. The van der Waals surface area contributed by atoms with Crippen LogP contribution in [0.1, 0.15) is 39.0 Å². The molecule has 1 heterocycles. The molecule has 3 nitrogen and oxygen atoms in total. The SMILES string of the molecule is C=C(C)c1n[nH]c(=O)c2ccc(C(C)(C)C)cc12. The summed E-state index contributed by atoms with van der Waals surface area (Å²) in [6.45, 7) is 12.2. The fourth-order valence-electron chi connectivity index (χ4n) is 1.96. The highest BCUT2D eigenvalue weighted by molar-refractivity contribution is 5.91. The molecule has 0 saturated carbocycles. The van der Waals surface area contributed by atoms with E-state index in [1.807, 2.05) is 25.1 Å². The van der Waals surface area contributed by atoms with E-state index < -0.39 is 0 Å². The molecule has 94 valence electrons. The predicted molar refractivity (Wildman–Crippen MR) is 75.8 cm³/mol. The Morgan fingerprint density at radius 2 is 1.94 bits per heavy atom. The fraction of sp³-hybridized carbons (Fsp3) is 0.333. The van der Waals surface area contributed by atoms with Crippen molar-refractivity contribution in [3.8, 4) is 0 Å². The summed E-state index contributed by atoms with van der Waals surface area (Å²) in [6.07, 6.45) is 0. The lowest BCUT2D eigenvalue weighted by atomic mass is 9.85. The number of benzene rings is 1. The molecule has 0 aliphatic heterocycles. The second-order valence-electron chi connectivity index (χ2n) is 5.69. The van der Waals surface area contributed by atoms with Crippen molar-refractivity contribution in [3.63, 3.8) is 0 Å². The zero-order valence-corrected chi connectivity index (χ0v) is 11.3. The molecular formula is C15H18N2O. The van der Waals surface area contributed by atoms with Gasteiger partial charge < -0.3 is 0 Å². The molecular weight excluding hydrogens is 224 g/mol. The van der Waals surface area contributed by atoms with Crippen molar-refractivity contribution in [3.05, 3.63) is 46.4 Å². The number of nitrogens with zero attached hydrogens (tertiary/aromatic N) is 1. The van der Waals surface area contributed by atoms with E-state index in [1.165, 1.54) is 5.56 Å². The van der Waals surface area contributed by atoms with Crippen molar-refractivity contribution in [2.45, 2.75) is 33.1 Å². The summed E-state index contributed by atoms with van der Waals surface area (Å²) in [4.78, 5) is 11.8. The minimum atomic E-state index is -0.157. The van der Waals surface area contributed by atoms with Crippen LogP contribution in [0.4, 0.5) is 0 Å². The van der Waals surface area contributed by atoms with Crippen LogP contribution in [0.25, 0.3) is 16.3 Å². The number of H-pyrrole nitrogens is 1. The van der Waals surface area contributed by atoms with Crippen LogP contribution in [-0.4, -0.2) is 10.2 Å². The quantitative estimate of drug-likeness (QED) is 0.834. The lowest BCUT2D eigenvalue weighted by Gasteiger charge is -2.19. The summed E-state index contributed by atoms with van der Waals surface area (Å²) in [6, 6.07) is 5.91. The topological polar surface area (TPSA) is 45.8 Å². The smallest absolute Gasteiger partial charge is 0.267 e. The van der Waals surface area contributed by atoms with Crippen LogP contribution in [0.3, 0.4) is 0 Å². The molecule has 0 fully saturated rings. The van der Waals surface area contributed by atoms with Gasteiger partial charge in [0.25, 0.3) is 5.56 Å². The predicted octanol–water partition coefficient (Wildman–Crippen LogP) is 3.25. The molecule has 0 saturated heterocycles. The highest BCUT2D eigenvalue weighted by Crippen LogP contribution is 2.27. The zero-order valence-electron chi connectivity index (χ0n) is 11.3. The first-order chi connectivity index (χ1) is 8.30. The Balaban J connectivity index is 2.86. The Morgan fingerprint density at radius 3 is 2.50 bits per heavy atom. The monoisotopic (exact) mass is 242 g/mol. The molecule has 2 aromatic rings. The van der Waals surface area contributed by atoms with Gasteiger partial charge >= 0.3 is 0 Å². The number of aromatic amines is 1. The van der Waals surface area contributed by atoms with Crippen molar-refractivity contribution >= 4 is 16.3 Å². The van der Waals surface area contributed by atoms with Gasteiger partial charge in [-0.1, -0.05) is 33.4 Å². The number of rotatable bonds is 1. The standard InChI is InChI=1S/C15H18N2O/c1-9(2)13-12-8-10(15(3,4)5)6-7-11(12)14(18)17-16-13/h6-8H,1H2,2-5H3,(H,17,18). The second-order valence-corrected chi connectivity index (χ2v) is 5.69. The molecule has 2 rings (SSSR count). The Labute approximate surface area is 107 Å². The van der Waals surface area contributed by atoms with Crippen LogP contribution in [0, 0.1) is 0 Å². The Kier molecular flexibility index (Phi) is 2.85. The van der Waals surface area contributed by atoms with E-state index in [9.17, 15) is 4.79 Å². The first-order valence-electron chi connectivity index (χ1n) is 5.99. The largest absolute Gasteiger partial charge is 0.272 e. The van der Waals surface area contributed by atoms with E-state index in [1.54, 1.807) is 0 Å². The third kappa shape index (κ3) is 2.08. The van der Waals surface area contributed by atoms with Gasteiger partial charge in [0.1, 0.15) is 0 Å². The maximum absolute atomic E-state index is 11.8. The minimum absolute atomic E-state index is 0.0448. The Bertz CT molecular complexity index is 675. The van der Waals surface area contributed by atoms with Gasteiger partial charge in [0, 0.05) is 5.39 Å². The first-order valence-corrected chi connectivity index (χ1v) is 5.99. The molecule has 0 amide bonds. The molecule has 1 aromatic carbocycles. The van der Waals surface area contributed by atoms with Gasteiger partial charge in [0.05, 0.1) is 11.1 Å². The van der Waals surface area contributed by atoms with Crippen LogP contribution in [0.5, 0.6) is 0 Å². The maximum atomic E-state index is 11.8. The van der Waals surface area contributed by atoms with Crippen molar-refractivity contribution < 1.29 is 0 Å². The maximum Gasteiger partial charge on any atom is 0.272 e. The van der Waals surface area contributed by atoms with Crippen molar-refractivity contribution in [2.24, 2.45) is 0 Å². The molecule has 1 aromatic heterocycles. The van der Waals surface area contributed by atoms with Gasteiger partial charge in [-0.25, -0.2) is 5.10 Å². The number of aromatic nitrogens is 2. The van der Waals surface area contributed by atoms with Gasteiger partial charge in [0.2, 0.25) is 0 Å². The molecule has 1 N–H and O–H groups in total. The average Bonchev–Trinajstić information content (AvgIpc) is 2.27. The molecule has 18 heavy (non-hydrogen) atoms. The van der Waals surface area contributed by atoms with Crippen LogP contribution in [-0.2, 0) is 5.41 Å². The third-order valence-electron chi connectivity index (χ3n) is 3.06. The van der Waals surface area contributed by atoms with Crippen LogP contribution in [0.2, 0.25) is 0 Å².